The molecule has 1 amide bonds. The van der Waals surface area contributed by atoms with E-state index in [2.05, 4.69) is 5.32 Å². The number of benzene rings is 1. The van der Waals surface area contributed by atoms with Crippen molar-refractivity contribution >= 4 is 22.8 Å². The number of fused-ring (bicyclic) bond motifs is 1. The zero-order valence-corrected chi connectivity index (χ0v) is 13.1. The van der Waals surface area contributed by atoms with Gasteiger partial charge in [-0.05, 0) is 30.2 Å². The molecule has 22 heavy (non-hydrogen) atoms. The zero-order valence-electron chi connectivity index (χ0n) is 13.1. The summed E-state index contributed by atoms with van der Waals surface area (Å²) in [5.41, 5.74) is 1.29. The fourth-order valence-electron chi connectivity index (χ4n) is 2.40. The van der Waals surface area contributed by atoms with E-state index in [4.69, 9.17) is 4.74 Å². The maximum atomic E-state index is 12.4. The van der Waals surface area contributed by atoms with Crippen LogP contribution in [0.4, 0.5) is 0 Å². The summed E-state index contributed by atoms with van der Waals surface area (Å²) in [4.78, 5) is 23.6. The molecule has 2 rings (SSSR count). The lowest BCUT2D eigenvalue weighted by Crippen LogP contribution is -2.44. The molecule has 2 N–H and O–H groups in total. The molecule has 2 aromatic rings. The molecular weight excluding hydrogens is 284 g/mol. The molecule has 1 heterocycles. The Balaban J connectivity index is 2.35. The van der Waals surface area contributed by atoms with Crippen LogP contribution in [-0.4, -0.2) is 34.7 Å². The van der Waals surface area contributed by atoms with Gasteiger partial charge in [-0.1, -0.05) is 13.8 Å². The van der Waals surface area contributed by atoms with E-state index in [1.165, 1.54) is 0 Å². The quantitative estimate of drug-likeness (QED) is 0.885. The Morgan fingerprint density at radius 1 is 1.27 bits per heavy atom. The third-order valence-corrected chi connectivity index (χ3v) is 3.70. The summed E-state index contributed by atoms with van der Waals surface area (Å²) < 4.78 is 6.91. The van der Waals surface area contributed by atoms with Crippen LogP contribution in [0.2, 0.25) is 0 Å². The topological polar surface area (TPSA) is 80.6 Å². The van der Waals surface area contributed by atoms with E-state index >= 15 is 0 Å². The molecule has 0 bridgehead atoms. The molecule has 6 nitrogen and oxygen atoms in total. The number of carboxylic acids is 1. The smallest absolute Gasteiger partial charge is 0.326 e. The number of nitrogens with one attached hydrogen (secondary N) is 1. The predicted molar refractivity (Wildman–Crippen MR) is 83.2 cm³/mol. The maximum Gasteiger partial charge on any atom is 0.326 e. The third-order valence-electron chi connectivity index (χ3n) is 3.70. The first-order chi connectivity index (χ1) is 10.3. The first kappa shape index (κ1) is 15.9. The summed E-state index contributed by atoms with van der Waals surface area (Å²) in [5.74, 6) is -0.936. The summed E-state index contributed by atoms with van der Waals surface area (Å²) in [6.45, 7) is 3.51. The number of carbonyl (C=O) groups excluding carboxylic acids is 1. The predicted octanol–water partition coefficient (Wildman–Crippen LogP) is 2.03. The minimum absolute atomic E-state index is 0.198. The van der Waals surface area contributed by atoms with Crippen molar-refractivity contribution in [3.8, 4) is 5.75 Å². The van der Waals surface area contributed by atoms with Gasteiger partial charge in [-0.25, -0.2) is 4.79 Å². The highest BCUT2D eigenvalue weighted by molar-refractivity contribution is 6.00. The summed E-state index contributed by atoms with van der Waals surface area (Å²) in [6, 6.07) is 6.33. The van der Waals surface area contributed by atoms with Gasteiger partial charge in [0.1, 0.15) is 17.5 Å². The highest BCUT2D eigenvalue weighted by Gasteiger charge is 2.25. The van der Waals surface area contributed by atoms with Crippen molar-refractivity contribution in [1.82, 2.24) is 9.88 Å². The van der Waals surface area contributed by atoms with Crippen LogP contribution in [0.15, 0.2) is 24.3 Å². The zero-order chi connectivity index (χ0) is 16.4. The standard InChI is InChI=1S/C16H20N2O4/c1-9(2)14(16(20)21)17-15(19)13-8-10-7-11(22-4)5-6-12(10)18(13)3/h5-9,14H,1-4H3,(H,17,19)(H,20,21)/t14-/m0/s1. The monoisotopic (exact) mass is 304 g/mol. The minimum atomic E-state index is -1.04. The first-order valence-electron chi connectivity index (χ1n) is 7.02. The van der Waals surface area contributed by atoms with Crippen molar-refractivity contribution in [3.63, 3.8) is 0 Å². The lowest BCUT2D eigenvalue weighted by Gasteiger charge is -2.18. The van der Waals surface area contributed by atoms with Gasteiger partial charge in [0.25, 0.3) is 5.91 Å². The first-order valence-corrected chi connectivity index (χ1v) is 7.02. The van der Waals surface area contributed by atoms with Gasteiger partial charge in [0.05, 0.1) is 7.11 Å². The summed E-state index contributed by atoms with van der Waals surface area (Å²) in [5, 5.41) is 12.6. The van der Waals surface area contributed by atoms with Crippen LogP contribution in [0.3, 0.4) is 0 Å². The van der Waals surface area contributed by atoms with Crippen LogP contribution in [-0.2, 0) is 11.8 Å². The Labute approximate surface area is 128 Å². The number of aliphatic carboxylic acids is 1. The van der Waals surface area contributed by atoms with Gasteiger partial charge in [0, 0.05) is 18.0 Å². The second-order valence-corrected chi connectivity index (χ2v) is 5.55. The van der Waals surface area contributed by atoms with Crippen molar-refractivity contribution in [2.24, 2.45) is 13.0 Å². The molecule has 1 aromatic carbocycles. The van der Waals surface area contributed by atoms with Gasteiger partial charge >= 0.3 is 5.97 Å². The molecule has 0 aliphatic carbocycles. The molecule has 1 aromatic heterocycles. The molecule has 0 aliphatic rings. The van der Waals surface area contributed by atoms with E-state index < -0.39 is 17.9 Å². The molecule has 0 aliphatic heterocycles. The lowest BCUT2D eigenvalue weighted by atomic mass is 10.0. The summed E-state index contributed by atoms with van der Waals surface area (Å²) in [6.07, 6.45) is 0. The third kappa shape index (κ3) is 2.90. The Hall–Kier alpha value is -2.50. The van der Waals surface area contributed by atoms with Crippen molar-refractivity contribution in [3.05, 3.63) is 30.0 Å². The van der Waals surface area contributed by atoms with Crippen molar-refractivity contribution < 1.29 is 19.4 Å². The van der Waals surface area contributed by atoms with E-state index in [1.54, 1.807) is 38.6 Å². The number of aryl methyl sites for hydroxylation is 1. The van der Waals surface area contributed by atoms with Gasteiger partial charge in [0.2, 0.25) is 0 Å². The van der Waals surface area contributed by atoms with Crippen molar-refractivity contribution in [1.29, 1.82) is 0 Å². The molecule has 0 spiro atoms. The average molecular weight is 304 g/mol. The second kappa shape index (κ2) is 6.09. The number of hydrogen-bond acceptors (Lipinski definition) is 3. The van der Waals surface area contributed by atoms with Crippen molar-refractivity contribution in [2.45, 2.75) is 19.9 Å². The molecule has 1 atom stereocenters. The molecule has 0 fully saturated rings. The van der Waals surface area contributed by atoms with Crippen molar-refractivity contribution in [2.75, 3.05) is 7.11 Å². The van der Waals surface area contributed by atoms with E-state index in [0.717, 1.165) is 10.9 Å². The second-order valence-electron chi connectivity index (χ2n) is 5.55. The maximum absolute atomic E-state index is 12.4. The molecule has 0 radical (unpaired) electrons. The van der Waals surface area contributed by atoms with Gasteiger partial charge in [-0.15, -0.1) is 0 Å². The van der Waals surface area contributed by atoms with Crippen LogP contribution in [0.1, 0.15) is 24.3 Å². The average Bonchev–Trinajstić information content (AvgIpc) is 2.80. The number of methoxy groups -OCH3 is 1. The van der Waals surface area contributed by atoms with Gasteiger partial charge < -0.3 is 19.7 Å². The normalized spacial score (nSPS) is 12.4. The number of amides is 1. The molecular formula is C16H20N2O4. The summed E-state index contributed by atoms with van der Waals surface area (Å²) >= 11 is 0. The van der Waals surface area contributed by atoms with Gasteiger partial charge in [-0.2, -0.15) is 0 Å². The number of hydrogen-bond donors (Lipinski definition) is 2. The molecule has 0 unspecified atom stereocenters. The fourth-order valence-corrected chi connectivity index (χ4v) is 2.40. The van der Waals surface area contributed by atoms with Crippen LogP contribution in [0.5, 0.6) is 5.75 Å². The molecule has 0 saturated carbocycles. The number of rotatable bonds is 5. The Morgan fingerprint density at radius 2 is 1.95 bits per heavy atom. The molecule has 118 valence electrons. The van der Waals surface area contributed by atoms with E-state index in [0.29, 0.717) is 11.4 Å². The fraction of sp³-hybridized carbons (Fsp3) is 0.375. The molecule has 6 heteroatoms. The van der Waals surface area contributed by atoms with Gasteiger partial charge in [0.15, 0.2) is 0 Å². The van der Waals surface area contributed by atoms with Crippen LogP contribution >= 0.6 is 0 Å². The number of carbonyl (C=O) groups is 2. The highest BCUT2D eigenvalue weighted by atomic mass is 16.5. The minimum Gasteiger partial charge on any atom is -0.497 e. The van der Waals surface area contributed by atoms with Crippen LogP contribution < -0.4 is 10.1 Å². The van der Waals surface area contributed by atoms with E-state index in [9.17, 15) is 14.7 Å². The Bertz CT molecular complexity index is 718. The number of aromatic nitrogens is 1. The number of carboxylic acid groups (broad SMARTS) is 1. The Kier molecular flexibility index (Phi) is 4.40. The van der Waals surface area contributed by atoms with Crippen LogP contribution in [0, 0.1) is 5.92 Å². The van der Waals surface area contributed by atoms with Crippen LogP contribution in [0.25, 0.3) is 10.9 Å². The largest absolute Gasteiger partial charge is 0.497 e. The molecule has 0 saturated heterocycles. The lowest BCUT2D eigenvalue weighted by molar-refractivity contribution is -0.140. The Morgan fingerprint density at radius 3 is 2.50 bits per heavy atom. The van der Waals surface area contributed by atoms with E-state index in [1.807, 2.05) is 18.2 Å². The van der Waals surface area contributed by atoms with Gasteiger partial charge in [-0.3, -0.25) is 4.79 Å². The summed E-state index contributed by atoms with van der Waals surface area (Å²) in [7, 11) is 3.35. The number of ether oxygens (including phenoxy) is 1. The SMILES string of the molecule is COc1ccc2c(c1)cc(C(=O)N[C@H](C(=O)O)C(C)C)n2C. The number of nitrogens with zero attached hydrogens (tertiary/aromatic N) is 1. The van der Waals surface area contributed by atoms with E-state index in [-0.39, 0.29) is 5.92 Å². The highest BCUT2D eigenvalue weighted by Crippen LogP contribution is 2.23.